The molecule has 0 saturated heterocycles. The lowest BCUT2D eigenvalue weighted by Crippen LogP contribution is -2.18. The van der Waals surface area contributed by atoms with Gasteiger partial charge in [-0.05, 0) is 42.7 Å². The van der Waals surface area contributed by atoms with Crippen LogP contribution in [0.15, 0.2) is 46.9 Å². The number of benzene rings is 2. The summed E-state index contributed by atoms with van der Waals surface area (Å²) in [6, 6.07) is 12.6. The van der Waals surface area contributed by atoms with Gasteiger partial charge in [0.25, 0.3) is 0 Å². The highest BCUT2D eigenvalue weighted by Gasteiger charge is 2.11. The van der Waals surface area contributed by atoms with E-state index in [1.807, 2.05) is 37.3 Å². The molecule has 0 aromatic heterocycles. The van der Waals surface area contributed by atoms with Crippen LogP contribution in [-0.2, 0) is 13.0 Å². The van der Waals surface area contributed by atoms with Crippen molar-refractivity contribution in [1.29, 1.82) is 0 Å². The summed E-state index contributed by atoms with van der Waals surface area (Å²) in [5.41, 5.74) is 7.58. The molecule has 0 radical (unpaired) electrons. The zero-order valence-electron chi connectivity index (χ0n) is 11.3. The van der Waals surface area contributed by atoms with E-state index in [-0.39, 0.29) is 11.9 Å². The second-order valence-electron chi connectivity index (χ2n) is 4.82. The van der Waals surface area contributed by atoms with E-state index in [1.165, 1.54) is 6.07 Å². The lowest BCUT2D eigenvalue weighted by Gasteiger charge is -2.14. The van der Waals surface area contributed by atoms with Crippen LogP contribution in [-0.4, -0.2) is 6.04 Å². The van der Waals surface area contributed by atoms with E-state index in [1.54, 1.807) is 6.07 Å². The highest BCUT2D eigenvalue weighted by atomic mass is 79.9. The van der Waals surface area contributed by atoms with Gasteiger partial charge in [-0.1, -0.05) is 40.2 Å². The summed E-state index contributed by atoms with van der Waals surface area (Å²) in [4.78, 5) is 0. The van der Waals surface area contributed by atoms with E-state index in [2.05, 4.69) is 15.9 Å². The van der Waals surface area contributed by atoms with E-state index >= 15 is 0 Å². The summed E-state index contributed by atoms with van der Waals surface area (Å²) in [7, 11) is 0. The van der Waals surface area contributed by atoms with Crippen LogP contribution in [0.4, 0.5) is 4.39 Å². The highest BCUT2D eigenvalue weighted by molar-refractivity contribution is 9.10. The van der Waals surface area contributed by atoms with Gasteiger partial charge >= 0.3 is 0 Å². The molecule has 0 spiro atoms. The molecule has 0 heterocycles. The fourth-order valence-corrected chi connectivity index (χ4v) is 2.22. The predicted octanol–water partition coefficient (Wildman–Crippen LogP) is 4.06. The summed E-state index contributed by atoms with van der Waals surface area (Å²) in [5.74, 6) is -0.0482. The molecule has 0 saturated carbocycles. The molecule has 1 unspecified atom stereocenters. The molecule has 2 aromatic rings. The second kappa shape index (κ2) is 6.86. The Bertz CT molecular complexity index is 569. The van der Waals surface area contributed by atoms with Gasteiger partial charge in [-0.3, -0.25) is 0 Å². The molecular weight excluding hydrogens is 321 g/mol. The van der Waals surface area contributed by atoms with E-state index < -0.39 is 0 Å². The van der Waals surface area contributed by atoms with Crippen LogP contribution in [0.1, 0.15) is 18.1 Å². The molecule has 106 valence electrons. The first-order valence-corrected chi connectivity index (χ1v) is 7.26. The molecule has 1 atom stereocenters. The van der Waals surface area contributed by atoms with Gasteiger partial charge in [0, 0.05) is 10.5 Å². The molecule has 2 N–H and O–H groups in total. The molecule has 2 aromatic carbocycles. The Balaban J connectivity index is 2.13. The summed E-state index contributed by atoms with van der Waals surface area (Å²) in [6.45, 7) is 2.23. The Morgan fingerprint density at radius 1 is 1.20 bits per heavy atom. The van der Waals surface area contributed by atoms with Crippen LogP contribution in [0.5, 0.6) is 5.75 Å². The third kappa shape index (κ3) is 4.05. The van der Waals surface area contributed by atoms with Crippen LogP contribution in [0.25, 0.3) is 0 Å². The molecule has 0 bridgehead atoms. The van der Waals surface area contributed by atoms with Crippen molar-refractivity contribution in [2.45, 2.75) is 26.0 Å². The lowest BCUT2D eigenvalue weighted by atomic mass is 10.1. The second-order valence-corrected chi connectivity index (χ2v) is 5.74. The minimum atomic E-state index is -0.347. The Labute approximate surface area is 126 Å². The average molecular weight is 338 g/mol. The first-order valence-electron chi connectivity index (χ1n) is 6.46. The summed E-state index contributed by atoms with van der Waals surface area (Å²) < 4.78 is 20.5. The maximum atomic E-state index is 13.9. The van der Waals surface area contributed by atoms with Gasteiger partial charge in [0.15, 0.2) is 11.6 Å². The van der Waals surface area contributed by atoms with Crippen LogP contribution in [0.2, 0.25) is 0 Å². The fourth-order valence-electron chi connectivity index (χ4n) is 1.96. The number of rotatable bonds is 5. The Morgan fingerprint density at radius 2 is 1.90 bits per heavy atom. The van der Waals surface area contributed by atoms with E-state index in [4.69, 9.17) is 10.5 Å². The van der Waals surface area contributed by atoms with Crippen LogP contribution in [0, 0.1) is 5.82 Å². The quantitative estimate of drug-likeness (QED) is 0.892. The summed E-state index contributed by atoms with van der Waals surface area (Å²) in [5, 5.41) is 0. The number of ether oxygens (including phenoxy) is 1. The van der Waals surface area contributed by atoms with E-state index in [0.29, 0.717) is 18.8 Å². The highest BCUT2D eigenvalue weighted by Crippen LogP contribution is 2.25. The van der Waals surface area contributed by atoms with Gasteiger partial charge in [0.05, 0.1) is 0 Å². The topological polar surface area (TPSA) is 35.2 Å². The number of nitrogens with two attached hydrogens (primary N) is 1. The molecule has 0 aliphatic carbocycles. The van der Waals surface area contributed by atoms with Gasteiger partial charge in [0.1, 0.15) is 6.61 Å². The third-order valence-electron chi connectivity index (χ3n) is 2.89. The number of para-hydroxylation sites is 1. The van der Waals surface area contributed by atoms with Gasteiger partial charge in [-0.15, -0.1) is 0 Å². The first-order chi connectivity index (χ1) is 9.56. The van der Waals surface area contributed by atoms with Gasteiger partial charge in [-0.2, -0.15) is 0 Å². The van der Waals surface area contributed by atoms with Gasteiger partial charge < -0.3 is 10.5 Å². The minimum Gasteiger partial charge on any atom is -0.486 e. The smallest absolute Gasteiger partial charge is 0.165 e. The zero-order valence-corrected chi connectivity index (χ0v) is 12.9. The van der Waals surface area contributed by atoms with Crippen molar-refractivity contribution in [3.05, 3.63) is 63.9 Å². The Morgan fingerprint density at radius 3 is 2.55 bits per heavy atom. The number of hydrogen-bond donors (Lipinski definition) is 1. The van der Waals surface area contributed by atoms with Gasteiger partial charge in [0.2, 0.25) is 0 Å². The van der Waals surface area contributed by atoms with Crippen molar-refractivity contribution >= 4 is 15.9 Å². The van der Waals surface area contributed by atoms with Crippen molar-refractivity contribution in [3.63, 3.8) is 0 Å². The first kappa shape index (κ1) is 15.0. The van der Waals surface area contributed by atoms with Crippen LogP contribution < -0.4 is 10.5 Å². The maximum absolute atomic E-state index is 13.9. The lowest BCUT2D eigenvalue weighted by molar-refractivity contribution is 0.286. The summed E-state index contributed by atoms with van der Waals surface area (Å²) in [6.07, 6.45) is 0.591. The van der Waals surface area contributed by atoms with Crippen molar-refractivity contribution in [2.75, 3.05) is 0 Å². The van der Waals surface area contributed by atoms with Crippen molar-refractivity contribution in [3.8, 4) is 5.75 Å². The molecule has 0 amide bonds. The third-order valence-corrected chi connectivity index (χ3v) is 3.42. The normalized spacial score (nSPS) is 12.2. The Kier molecular flexibility index (Phi) is 5.15. The molecule has 0 fully saturated rings. The average Bonchev–Trinajstić information content (AvgIpc) is 2.39. The largest absolute Gasteiger partial charge is 0.486 e. The summed E-state index contributed by atoms with van der Waals surface area (Å²) >= 11 is 3.38. The fraction of sp³-hybridized carbons (Fsp3) is 0.250. The van der Waals surface area contributed by atoms with Crippen molar-refractivity contribution < 1.29 is 9.13 Å². The standard InChI is InChI=1S/C16H17BrFNO/c1-11(19)9-13-3-2-4-15(18)16(13)20-10-12-5-7-14(17)8-6-12/h2-8,11H,9-10,19H2,1H3. The Hall–Kier alpha value is -1.39. The molecular formula is C16H17BrFNO. The van der Waals surface area contributed by atoms with Crippen LogP contribution >= 0.6 is 15.9 Å². The van der Waals surface area contributed by atoms with Gasteiger partial charge in [-0.25, -0.2) is 4.39 Å². The van der Waals surface area contributed by atoms with E-state index in [9.17, 15) is 4.39 Å². The monoisotopic (exact) mass is 337 g/mol. The molecule has 0 aliphatic heterocycles. The zero-order chi connectivity index (χ0) is 14.5. The van der Waals surface area contributed by atoms with Crippen LogP contribution in [0.3, 0.4) is 0 Å². The maximum Gasteiger partial charge on any atom is 0.165 e. The SMILES string of the molecule is CC(N)Cc1cccc(F)c1OCc1ccc(Br)cc1. The number of hydrogen-bond acceptors (Lipinski definition) is 2. The minimum absolute atomic E-state index is 0.0353. The molecule has 0 aliphatic rings. The molecule has 20 heavy (non-hydrogen) atoms. The molecule has 4 heteroatoms. The molecule has 2 nitrogen and oxygen atoms in total. The van der Waals surface area contributed by atoms with E-state index in [0.717, 1.165) is 15.6 Å². The van der Waals surface area contributed by atoms with Crippen molar-refractivity contribution in [1.82, 2.24) is 0 Å². The molecule has 2 rings (SSSR count). The predicted molar refractivity (Wildman–Crippen MR) is 82.2 cm³/mol. The number of halogens is 2. The van der Waals surface area contributed by atoms with Crippen molar-refractivity contribution in [2.24, 2.45) is 5.73 Å².